The van der Waals surface area contributed by atoms with Gasteiger partial charge in [0.2, 0.25) is 0 Å². The Morgan fingerprint density at radius 1 is 1.06 bits per heavy atom. The fraction of sp³-hybridized carbons (Fsp3) is 0.308. The molecule has 2 aliphatic heterocycles. The molecular formula is C26H25N3O2. The molecule has 2 aliphatic rings. The van der Waals surface area contributed by atoms with Crippen molar-refractivity contribution in [1.29, 1.82) is 0 Å². The van der Waals surface area contributed by atoms with E-state index in [0.717, 1.165) is 49.7 Å². The number of pyridine rings is 1. The quantitative estimate of drug-likeness (QED) is 0.514. The predicted molar refractivity (Wildman–Crippen MR) is 122 cm³/mol. The van der Waals surface area contributed by atoms with Crippen molar-refractivity contribution in [3.8, 4) is 5.75 Å². The van der Waals surface area contributed by atoms with Crippen LogP contribution in [-0.2, 0) is 6.42 Å². The molecule has 4 heterocycles. The van der Waals surface area contributed by atoms with Crippen LogP contribution in [0, 0.1) is 12.8 Å². The van der Waals surface area contributed by atoms with Crippen molar-refractivity contribution in [3.05, 3.63) is 88.0 Å². The van der Waals surface area contributed by atoms with Gasteiger partial charge in [0.05, 0.1) is 6.61 Å². The first kappa shape index (κ1) is 18.6. The van der Waals surface area contributed by atoms with Crippen LogP contribution in [0.15, 0.2) is 65.6 Å². The second-order valence-electron chi connectivity index (χ2n) is 8.80. The average Bonchev–Trinajstić information content (AvgIpc) is 3.22. The van der Waals surface area contributed by atoms with Crippen molar-refractivity contribution in [2.24, 2.45) is 5.92 Å². The summed E-state index contributed by atoms with van der Waals surface area (Å²) >= 11 is 0. The molecule has 6 rings (SSSR count). The third-order valence-corrected chi connectivity index (χ3v) is 6.98. The number of rotatable bonds is 3. The Morgan fingerprint density at radius 2 is 1.94 bits per heavy atom. The Morgan fingerprint density at radius 3 is 2.87 bits per heavy atom. The van der Waals surface area contributed by atoms with Gasteiger partial charge in [-0.05, 0) is 42.3 Å². The van der Waals surface area contributed by atoms with Gasteiger partial charge in [0.15, 0.2) is 0 Å². The summed E-state index contributed by atoms with van der Waals surface area (Å²) in [5.41, 5.74) is 3.79. The monoisotopic (exact) mass is 411 g/mol. The van der Waals surface area contributed by atoms with Crippen LogP contribution < -0.4 is 10.3 Å². The van der Waals surface area contributed by atoms with Crippen LogP contribution in [0.1, 0.15) is 22.7 Å². The molecule has 4 aromatic rings. The molecule has 2 atom stereocenters. The largest absolute Gasteiger partial charge is 0.493 e. The maximum atomic E-state index is 13.0. The van der Waals surface area contributed by atoms with E-state index < -0.39 is 0 Å². The molecule has 0 bridgehead atoms. The van der Waals surface area contributed by atoms with Crippen LogP contribution in [0.4, 0.5) is 0 Å². The first-order chi connectivity index (χ1) is 15.2. The molecule has 2 aromatic heterocycles. The summed E-state index contributed by atoms with van der Waals surface area (Å²) in [5.74, 6) is 2.01. The minimum absolute atomic E-state index is 0.0550. The smallest absolute Gasteiger partial charge is 0.261 e. The molecule has 5 nitrogen and oxygen atoms in total. The standard InChI is InChI=1S/C26H25N3O2/c1-17-20(26(30)29-12-5-4-8-24(29)27-17)11-13-28-14-19-16-31-23-10-9-18-6-2-3-7-21(18)25(23)22(19)15-28/h2-10,12,19,22H,11,13-16H2,1H3. The highest BCUT2D eigenvalue weighted by Crippen LogP contribution is 2.45. The summed E-state index contributed by atoms with van der Waals surface area (Å²) in [7, 11) is 0. The Bertz CT molecular complexity index is 1360. The highest BCUT2D eigenvalue weighted by atomic mass is 16.5. The maximum absolute atomic E-state index is 13.0. The molecule has 156 valence electrons. The number of hydrogen-bond donors (Lipinski definition) is 0. The molecule has 5 heteroatoms. The first-order valence-electron chi connectivity index (χ1n) is 11.0. The van der Waals surface area contributed by atoms with E-state index in [1.54, 1.807) is 10.6 Å². The van der Waals surface area contributed by atoms with Crippen molar-refractivity contribution < 1.29 is 4.74 Å². The lowest BCUT2D eigenvalue weighted by Crippen LogP contribution is -2.28. The van der Waals surface area contributed by atoms with Gasteiger partial charge < -0.3 is 9.64 Å². The van der Waals surface area contributed by atoms with Crippen LogP contribution >= 0.6 is 0 Å². The van der Waals surface area contributed by atoms with Gasteiger partial charge in [0, 0.05) is 54.5 Å². The van der Waals surface area contributed by atoms with Crippen LogP contribution in [0.5, 0.6) is 5.75 Å². The zero-order valence-electron chi connectivity index (χ0n) is 17.6. The molecule has 2 unspecified atom stereocenters. The van der Waals surface area contributed by atoms with Gasteiger partial charge in [0.25, 0.3) is 5.56 Å². The van der Waals surface area contributed by atoms with Gasteiger partial charge in [0.1, 0.15) is 11.4 Å². The normalized spacial score (nSPS) is 20.5. The van der Waals surface area contributed by atoms with Crippen molar-refractivity contribution >= 4 is 16.4 Å². The molecular weight excluding hydrogens is 386 g/mol. The summed E-state index contributed by atoms with van der Waals surface area (Å²) in [5, 5.41) is 2.58. The lowest BCUT2D eigenvalue weighted by atomic mass is 9.84. The lowest BCUT2D eigenvalue weighted by Gasteiger charge is -2.29. The van der Waals surface area contributed by atoms with Gasteiger partial charge in [-0.2, -0.15) is 0 Å². The van der Waals surface area contributed by atoms with E-state index >= 15 is 0 Å². The van der Waals surface area contributed by atoms with E-state index in [9.17, 15) is 4.79 Å². The summed E-state index contributed by atoms with van der Waals surface area (Å²) in [6.45, 7) is 5.60. The Labute approximate surface area is 180 Å². The summed E-state index contributed by atoms with van der Waals surface area (Å²) in [6, 6.07) is 18.6. The van der Waals surface area contributed by atoms with E-state index in [-0.39, 0.29) is 5.56 Å². The number of likely N-dealkylation sites (tertiary alicyclic amines) is 1. The number of benzene rings is 2. The molecule has 1 fully saturated rings. The second kappa shape index (κ2) is 7.20. The van der Waals surface area contributed by atoms with Crippen LogP contribution in [0.25, 0.3) is 16.4 Å². The minimum Gasteiger partial charge on any atom is -0.493 e. The van der Waals surface area contributed by atoms with Gasteiger partial charge in [-0.1, -0.05) is 36.4 Å². The van der Waals surface area contributed by atoms with Crippen LogP contribution in [0.3, 0.4) is 0 Å². The minimum atomic E-state index is 0.0550. The Balaban J connectivity index is 1.27. The molecule has 0 amide bonds. The van der Waals surface area contributed by atoms with Crippen molar-refractivity contribution in [1.82, 2.24) is 14.3 Å². The molecule has 0 spiro atoms. The number of aromatic nitrogens is 2. The second-order valence-corrected chi connectivity index (χ2v) is 8.80. The molecule has 0 aliphatic carbocycles. The third kappa shape index (κ3) is 3.03. The fourth-order valence-electron chi connectivity index (χ4n) is 5.41. The molecule has 2 aromatic carbocycles. The van der Waals surface area contributed by atoms with Gasteiger partial charge in [-0.15, -0.1) is 0 Å². The highest BCUT2D eigenvalue weighted by molar-refractivity contribution is 5.88. The van der Waals surface area contributed by atoms with Gasteiger partial charge >= 0.3 is 0 Å². The van der Waals surface area contributed by atoms with Crippen molar-refractivity contribution in [3.63, 3.8) is 0 Å². The first-order valence-corrected chi connectivity index (χ1v) is 11.0. The molecule has 1 saturated heterocycles. The number of ether oxygens (including phenoxy) is 1. The molecule has 0 saturated carbocycles. The van der Waals surface area contributed by atoms with Crippen molar-refractivity contribution in [2.45, 2.75) is 19.3 Å². The van der Waals surface area contributed by atoms with Gasteiger partial charge in [-0.3, -0.25) is 9.20 Å². The van der Waals surface area contributed by atoms with Crippen LogP contribution in [0.2, 0.25) is 0 Å². The SMILES string of the molecule is Cc1nc2ccccn2c(=O)c1CCN1CC2COc3ccc4ccccc4c3C2C1. The maximum Gasteiger partial charge on any atom is 0.261 e. The fourth-order valence-corrected chi connectivity index (χ4v) is 5.41. The molecule has 0 radical (unpaired) electrons. The molecule has 0 N–H and O–H groups in total. The Kier molecular flexibility index (Phi) is 4.32. The average molecular weight is 412 g/mol. The number of aryl methyl sites for hydroxylation is 1. The van der Waals surface area contributed by atoms with Crippen LogP contribution in [-0.4, -0.2) is 40.5 Å². The van der Waals surface area contributed by atoms with E-state index in [0.29, 0.717) is 17.5 Å². The highest BCUT2D eigenvalue weighted by Gasteiger charge is 2.39. The Hall–Kier alpha value is -3.18. The van der Waals surface area contributed by atoms with E-state index in [1.807, 2.05) is 25.1 Å². The van der Waals surface area contributed by atoms with E-state index in [2.05, 4.69) is 46.3 Å². The number of hydrogen-bond acceptors (Lipinski definition) is 4. The van der Waals surface area contributed by atoms with Gasteiger partial charge in [-0.25, -0.2) is 4.98 Å². The summed E-state index contributed by atoms with van der Waals surface area (Å²) < 4.78 is 7.81. The zero-order valence-corrected chi connectivity index (χ0v) is 17.6. The number of fused-ring (bicyclic) bond motifs is 6. The predicted octanol–water partition coefficient (Wildman–Crippen LogP) is 3.81. The molecule has 31 heavy (non-hydrogen) atoms. The summed E-state index contributed by atoms with van der Waals surface area (Å²) in [4.78, 5) is 20.1. The lowest BCUT2D eigenvalue weighted by molar-refractivity contribution is 0.214. The third-order valence-electron chi connectivity index (χ3n) is 6.98. The zero-order chi connectivity index (χ0) is 20.9. The summed E-state index contributed by atoms with van der Waals surface area (Å²) in [6.07, 6.45) is 2.52. The van der Waals surface area contributed by atoms with Crippen molar-refractivity contribution in [2.75, 3.05) is 26.2 Å². The van der Waals surface area contributed by atoms with E-state index in [4.69, 9.17) is 4.74 Å². The number of nitrogens with zero attached hydrogens (tertiary/aromatic N) is 3. The van der Waals surface area contributed by atoms with E-state index in [1.165, 1.54) is 16.3 Å². The topological polar surface area (TPSA) is 46.8 Å².